The van der Waals surface area contributed by atoms with Gasteiger partial charge in [0, 0.05) is 5.92 Å². The maximum absolute atomic E-state index is 16.0. The number of aromatic nitrogens is 8. The summed E-state index contributed by atoms with van der Waals surface area (Å²) in [4.78, 5) is 34.9. The number of nitrogen functional groups attached to an aromatic ring is 2. The molecule has 0 amide bonds. The maximum atomic E-state index is 16.0. The van der Waals surface area contributed by atoms with Crippen molar-refractivity contribution in [3.8, 4) is 0 Å². The molecule has 2 bridgehead atoms. The minimum Gasteiger partial charge on any atom is -0.382 e. The average molecular weight is 613 g/mol. The number of ether oxygens (including phenoxy) is 2. The van der Waals surface area contributed by atoms with Crippen LogP contribution in [0.1, 0.15) is 25.3 Å². The monoisotopic (exact) mass is 612 g/mol. The van der Waals surface area contributed by atoms with Gasteiger partial charge in [-0.05, 0) is 12.8 Å². The zero-order chi connectivity index (χ0) is 28.6. The number of fused-ring (bicyclic) bond motifs is 5. The fourth-order valence-corrected chi connectivity index (χ4v) is 7.11. The van der Waals surface area contributed by atoms with Crippen LogP contribution in [-0.2, 0) is 23.1 Å². The molecule has 0 aliphatic carbocycles. The van der Waals surface area contributed by atoms with Gasteiger partial charge in [0.05, 0.1) is 31.5 Å². The Hall–Kier alpha value is -3.22. The Labute approximate surface area is 233 Å². The second-order valence-electron chi connectivity index (χ2n) is 9.95. The maximum Gasteiger partial charge on any atom is 0.386 e. The van der Waals surface area contributed by atoms with Crippen molar-refractivity contribution in [2.24, 2.45) is 5.92 Å². The number of aromatic amines is 1. The van der Waals surface area contributed by atoms with Gasteiger partial charge in [-0.1, -0.05) is 12.2 Å². The summed E-state index contributed by atoms with van der Waals surface area (Å²) < 4.78 is 70.9. The summed E-state index contributed by atoms with van der Waals surface area (Å²) in [6.45, 7) is -4.61. The van der Waals surface area contributed by atoms with Crippen LogP contribution in [0.3, 0.4) is 0 Å². The van der Waals surface area contributed by atoms with Gasteiger partial charge >= 0.3 is 6.80 Å². The highest BCUT2D eigenvalue weighted by molar-refractivity contribution is 8.44. The van der Waals surface area contributed by atoms with E-state index in [1.165, 1.54) is 28.1 Å². The van der Waals surface area contributed by atoms with Crippen LogP contribution in [0, 0.1) is 5.92 Å². The molecule has 7 heterocycles. The third-order valence-corrected chi connectivity index (χ3v) is 9.18. The van der Waals surface area contributed by atoms with Crippen molar-refractivity contribution in [1.82, 2.24) is 39.0 Å². The predicted octanol–water partition coefficient (Wildman–Crippen LogP) is 1.44. The number of H-pyrrole nitrogens is 1. The fraction of sp³-hybridized carbons (Fsp3) is 0.524. The number of alkyl halides is 2. The molecule has 3 fully saturated rings. The van der Waals surface area contributed by atoms with Crippen molar-refractivity contribution in [3.05, 3.63) is 29.3 Å². The van der Waals surface area contributed by atoms with E-state index in [4.69, 9.17) is 30.0 Å². The quantitative estimate of drug-likeness (QED) is 0.187. The van der Waals surface area contributed by atoms with E-state index in [1.807, 2.05) is 0 Å². The van der Waals surface area contributed by atoms with E-state index < -0.39 is 61.4 Å². The van der Waals surface area contributed by atoms with E-state index >= 15 is 8.78 Å². The van der Waals surface area contributed by atoms with Crippen molar-refractivity contribution in [2.75, 3.05) is 18.1 Å². The molecule has 16 nitrogen and oxygen atoms in total. The Morgan fingerprint density at radius 2 is 1.71 bits per heavy atom. The van der Waals surface area contributed by atoms with Gasteiger partial charge in [-0.3, -0.25) is 28.0 Å². The minimum absolute atomic E-state index is 0.00707. The number of nitrogens with one attached hydrogen (secondary N) is 1. The van der Waals surface area contributed by atoms with Gasteiger partial charge in [0.15, 0.2) is 47.4 Å². The molecular weight excluding hydrogens is 589 g/mol. The van der Waals surface area contributed by atoms with Gasteiger partial charge in [0.1, 0.15) is 17.9 Å². The highest BCUT2D eigenvalue weighted by Gasteiger charge is 2.53. The highest BCUT2D eigenvalue weighted by Crippen LogP contribution is 2.58. The SMILES string of the molecule is Nc1nc2c(ncn2[C@@H]2OC3CC[C@H]4[C@H](F)[C@H](n5cnc6c(N)ncnc65)O[C@@H]4COP(=O)(S)O[C@@H]2[C@@H]3F)c(=O)[nH]1. The molecule has 0 radical (unpaired) electrons. The van der Waals surface area contributed by atoms with Crippen LogP contribution in [0.4, 0.5) is 20.5 Å². The summed E-state index contributed by atoms with van der Waals surface area (Å²) in [5.41, 5.74) is 11.4. The molecule has 4 aromatic rings. The normalized spacial score (nSPS) is 36.0. The summed E-state index contributed by atoms with van der Waals surface area (Å²) >= 11 is 4.04. The van der Waals surface area contributed by atoms with Gasteiger partial charge in [0.2, 0.25) is 5.95 Å². The first-order chi connectivity index (χ1) is 19.6. The van der Waals surface area contributed by atoms with Crippen molar-refractivity contribution in [1.29, 1.82) is 0 Å². The van der Waals surface area contributed by atoms with Crippen LogP contribution in [0.5, 0.6) is 0 Å². The van der Waals surface area contributed by atoms with Crippen LogP contribution < -0.4 is 17.0 Å². The number of anilines is 2. The van der Waals surface area contributed by atoms with Crippen LogP contribution in [0.15, 0.2) is 23.8 Å². The van der Waals surface area contributed by atoms with Crippen molar-refractivity contribution < 1.29 is 31.9 Å². The highest BCUT2D eigenvalue weighted by atomic mass is 32.7. The van der Waals surface area contributed by atoms with E-state index in [-0.39, 0.29) is 53.5 Å². The van der Waals surface area contributed by atoms with Gasteiger partial charge in [0.25, 0.3) is 5.56 Å². The second-order valence-corrected chi connectivity index (χ2v) is 12.8. The summed E-state index contributed by atoms with van der Waals surface area (Å²) in [5, 5.41) is 0. The van der Waals surface area contributed by atoms with Crippen LogP contribution in [0.2, 0.25) is 0 Å². The van der Waals surface area contributed by atoms with Gasteiger partial charge < -0.3 is 20.9 Å². The topological polar surface area (TPSA) is 213 Å². The Kier molecular flexibility index (Phi) is 6.29. The Morgan fingerprint density at radius 1 is 0.976 bits per heavy atom. The molecular formula is C21H23F2N10O6PS. The molecule has 9 atom stereocenters. The zero-order valence-electron chi connectivity index (χ0n) is 20.9. The molecule has 4 aromatic heterocycles. The van der Waals surface area contributed by atoms with Crippen molar-refractivity contribution in [2.45, 2.75) is 56.0 Å². The van der Waals surface area contributed by atoms with Gasteiger partial charge in [-0.15, -0.1) is 0 Å². The van der Waals surface area contributed by atoms with Crippen molar-refractivity contribution in [3.63, 3.8) is 0 Å². The Bertz CT molecular complexity index is 1750. The lowest BCUT2D eigenvalue weighted by Crippen LogP contribution is -2.30. The van der Waals surface area contributed by atoms with Crippen LogP contribution in [0.25, 0.3) is 22.3 Å². The number of thiol groups is 1. The van der Waals surface area contributed by atoms with Crippen LogP contribution >= 0.6 is 19.0 Å². The first-order valence-corrected chi connectivity index (χ1v) is 15.2. The third kappa shape index (κ3) is 4.38. The van der Waals surface area contributed by atoms with Crippen molar-refractivity contribution >= 4 is 53.1 Å². The van der Waals surface area contributed by atoms with Gasteiger partial charge in [-0.2, -0.15) is 4.98 Å². The molecule has 3 aliphatic heterocycles. The smallest absolute Gasteiger partial charge is 0.382 e. The van der Waals surface area contributed by atoms with E-state index in [1.54, 1.807) is 0 Å². The molecule has 3 saturated heterocycles. The molecule has 20 heteroatoms. The zero-order valence-corrected chi connectivity index (χ0v) is 22.6. The molecule has 3 aliphatic rings. The molecule has 0 saturated carbocycles. The number of hydrogen-bond donors (Lipinski definition) is 4. The second kappa shape index (κ2) is 9.67. The number of nitrogens with zero attached hydrogens (tertiary/aromatic N) is 7. The lowest BCUT2D eigenvalue weighted by atomic mass is 9.91. The summed E-state index contributed by atoms with van der Waals surface area (Å²) in [5.74, 6) is -0.884. The number of halogens is 2. The van der Waals surface area contributed by atoms with Crippen LogP contribution in [-0.4, -0.2) is 76.3 Å². The average Bonchev–Trinajstić information content (AvgIpc) is 3.67. The fourth-order valence-electron chi connectivity index (χ4n) is 5.65. The molecule has 7 rings (SSSR count). The first-order valence-electron chi connectivity index (χ1n) is 12.5. The summed E-state index contributed by atoms with van der Waals surface area (Å²) in [6.07, 6.45) is -5.40. The van der Waals surface area contributed by atoms with E-state index in [2.05, 4.69) is 42.2 Å². The number of nitrogens with two attached hydrogens (primary N) is 2. The Balaban J connectivity index is 1.20. The van der Waals surface area contributed by atoms with Gasteiger partial charge in [-0.25, -0.2) is 33.3 Å². The molecule has 5 N–H and O–H groups in total. The van der Waals surface area contributed by atoms with E-state index in [0.717, 1.165) is 0 Å². The lowest BCUT2D eigenvalue weighted by Gasteiger charge is -2.25. The first kappa shape index (κ1) is 26.7. The number of rotatable bonds is 2. The largest absolute Gasteiger partial charge is 0.386 e. The Morgan fingerprint density at radius 3 is 2.51 bits per heavy atom. The standard InChI is InChI=1S/C21H23F2N10O6PS/c22-10-7-1-2-8-11(23)14(20(37-8)33-6-29-13-17(33)30-21(25)31-18(13)34)39-40(35,41)36-3-9(7)38-19(10)32-5-28-12-15(24)26-4-27-16(12)32/h4-11,14,19-20H,1-3H2,(H,35,41)(H2,24,26,27)(H3,25,30,31,34)/t7-,8?,9-,10+,11-,14-,19-,20-,40?/m1/s1. The number of hydrogen-bond acceptors (Lipinski definition) is 13. The number of imidazole rings is 2. The molecule has 0 aromatic carbocycles. The summed E-state index contributed by atoms with van der Waals surface area (Å²) in [7, 11) is 0. The molecule has 41 heavy (non-hydrogen) atoms. The molecule has 2 unspecified atom stereocenters. The lowest BCUT2D eigenvalue weighted by molar-refractivity contribution is -0.0502. The minimum atomic E-state index is -4.25. The predicted molar refractivity (Wildman–Crippen MR) is 140 cm³/mol. The third-order valence-electron chi connectivity index (χ3n) is 7.56. The summed E-state index contributed by atoms with van der Waals surface area (Å²) in [6, 6.07) is 0. The molecule has 218 valence electrons. The molecule has 0 spiro atoms. The van der Waals surface area contributed by atoms with E-state index in [9.17, 15) is 9.36 Å². The van der Waals surface area contributed by atoms with E-state index in [0.29, 0.717) is 0 Å².